The van der Waals surface area contributed by atoms with Crippen molar-refractivity contribution in [3.8, 4) is 11.5 Å². The largest absolute Gasteiger partial charge is 0.487 e. The molecule has 1 fully saturated rings. The molecule has 0 unspecified atom stereocenters. The molecule has 1 atom stereocenters. The smallest absolute Gasteiger partial charge is 0.257 e. The average molecular weight is 523 g/mol. The monoisotopic (exact) mass is 522 g/mol. The highest BCUT2D eigenvalue weighted by molar-refractivity contribution is 6.31. The number of carbonyl (C=O) groups is 3. The van der Waals surface area contributed by atoms with Crippen LogP contribution in [0.2, 0.25) is 10.0 Å². The lowest BCUT2D eigenvalue weighted by atomic mass is 9.66. The number of rotatable bonds is 9. The SMILES string of the molecule is O=C(COc1ccc(Cl)c(F)c1)NCCC1(C(=O)NC[C@H]2CC(=O)c3cc(Cl)ccc3O2)CCC1. The molecular formula is C25H25Cl2FN2O5. The van der Waals surface area contributed by atoms with Gasteiger partial charge in [0.25, 0.3) is 5.91 Å². The molecule has 4 rings (SSSR count). The van der Waals surface area contributed by atoms with Gasteiger partial charge in [-0.2, -0.15) is 0 Å². The Morgan fingerprint density at radius 2 is 1.94 bits per heavy atom. The molecule has 1 heterocycles. The Hall–Kier alpha value is -2.84. The van der Waals surface area contributed by atoms with Crippen LogP contribution in [0.4, 0.5) is 4.39 Å². The van der Waals surface area contributed by atoms with Gasteiger partial charge in [0.1, 0.15) is 23.4 Å². The van der Waals surface area contributed by atoms with Gasteiger partial charge in [-0.15, -0.1) is 0 Å². The minimum Gasteiger partial charge on any atom is -0.487 e. The van der Waals surface area contributed by atoms with Gasteiger partial charge < -0.3 is 20.1 Å². The topological polar surface area (TPSA) is 93.7 Å². The number of benzene rings is 2. The van der Waals surface area contributed by atoms with Gasteiger partial charge in [-0.25, -0.2) is 4.39 Å². The van der Waals surface area contributed by atoms with Crippen LogP contribution in [0, 0.1) is 11.2 Å². The lowest BCUT2D eigenvalue weighted by Gasteiger charge is -2.40. The van der Waals surface area contributed by atoms with Crippen LogP contribution >= 0.6 is 23.2 Å². The van der Waals surface area contributed by atoms with Crippen molar-refractivity contribution < 1.29 is 28.2 Å². The minimum absolute atomic E-state index is 0.0257. The molecular weight excluding hydrogens is 498 g/mol. The fourth-order valence-corrected chi connectivity index (χ4v) is 4.56. The summed E-state index contributed by atoms with van der Waals surface area (Å²) in [6.07, 6.45) is 2.56. The van der Waals surface area contributed by atoms with Crippen molar-refractivity contribution in [1.82, 2.24) is 10.6 Å². The Balaban J connectivity index is 1.22. The van der Waals surface area contributed by atoms with Crippen LogP contribution in [-0.4, -0.2) is 43.4 Å². The molecule has 1 aliphatic carbocycles. The number of Topliss-reactive ketones (excluding diaryl/α,β-unsaturated/α-hetero) is 1. The third kappa shape index (κ3) is 6.05. The van der Waals surface area contributed by atoms with Crippen molar-refractivity contribution in [2.75, 3.05) is 19.7 Å². The maximum absolute atomic E-state index is 13.5. The van der Waals surface area contributed by atoms with E-state index in [1.54, 1.807) is 18.2 Å². The normalized spacial score (nSPS) is 18.0. The molecule has 10 heteroatoms. The van der Waals surface area contributed by atoms with E-state index in [2.05, 4.69) is 10.6 Å². The number of halogens is 3. The number of ketones is 1. The predicted molar refractivity (Wildman–Crippen MR) is 129 cm³/mol. The van der Waals surface area contributed by atoms with E-state index in [1.807, 2.05) is 0 Å². The Kier molecular flexibility index (Phi) is 7.82. The summed E-state index contributed by atoms with van der Waals surface area (Å²) in [6.45, 7) is 0.239. The van der Waals surface area contributed by atoms with Crippen molar-refractivity contribution in [2.45, 2.75) is 38.2 Å². The summed E-state index contributed by atoms with van der Waals surface area (Å²) in [5.74, 6) is -0.510. The molecule has 2 N–H and O–H groups in total. The van der Waals surface area contributed by atoms with Crippen molar-refractivity contribution in [3.05, 3.63) is 57.8 Å². The Bertz CT molecular complexity index is 1140. The fraction of sp³-hybridized carbons (Fsp3) is 0.400. The summed E-state index contributed by atoms with van der Waals surface area (Å²) >= 11 is 11.6. The maximum Gasteiger partial charge on any atom is 0.257 e. The van der Waals surface area contributed by atoms with Crippen LogP contribution in [0.25, 0.3) is 0 Å². The van der Waals surface area contributed by atoms with Gasteiger partial charge in [-0.1, -0.05) is 29.6 Å². The van der Waals surface area contributed by atoms with E-state index < -0.39 is 17.3 Å². The third-order valence-corrected chi connectivity index (χ3v) is 6.96. The van der Waals surface area contributed by atoms with Crippen LogP contribution in [-0.2, 0) is 9.59 Å². The number of fused-ring (bicyclic) bond motifs is 1. The van der Waals surface area contributed by atoms with Crippen LogP contribution in [0.5, 0.6) is 11.5 Å². The van der Waals surface area contributed by atoms with Gasteiger partial charge in [-0.3, -0.25) is 14.4 Å². The minimum atomic E-state index is -0.626. The molecule has 0 aromatic heterocycles. The fourth-order valence-electron chi connectivity index (χ4n) is 4.27. The maximum atomic E-state index is 13.5. The third-order valence-electron chi connectivity index (χ3n) is 6.42. The standard InChI is InChI=1S/C25H25Cl2FN2O5/c26-15-2-5-22-18(10-15)21(31)12-17(35-22)13-30-24(33)25(6-1-7-25)8-9-29-23(32)14-34-16-3-4-19(27)20(28)11-16/h2-5,10-11,17H,1,6-9,12-14H2,(H,29,32)(H,30,33)/t17-/m1/s1. The second kappa shape index (κ2) is 10.8. The molecule has 1 aliphatic heterocycles. The summed E-state index contributed by atoms with van der Waals surface area (Å²) in [5.41, 5.74) is -0.103. The molecule has 1 saturated carbocycles. The summed E-state index contributed by atoms with van der Waals surface area (Å²) in [5, 5.41) is 6.11. The van der Waals surface area contributed by atoms with Gasteiger partial charge in [-0.05, 0) is 49.6 Å². The number of ether oxygens (including phenoxy) is 2. The molecule has 2 amide bonds. The molecule has 186 valence electrons. The predicted octanol–water partition coefficient (Wildman–Crippen LogP) is 4.34. The van der Waals surface area contributed by atoms with Crippen molar-refractivity contribution >= 4 is 40.8 Å². The van der Waals surface area contributed by atoms with E-state index in [0.717, 1.165) is 25.3 Å². The summed E-state index contributed by atoms with van der Waals surface area (Å²) in [4.78, 5) is 37.5. The van der Waals surface area contributed by atoms with Crippen LogP contribution in [0.15, 0.2) is 36.4 Å². The molecule has 0 saturated heterocycles. The van der Waals surface area contributed by atoms with E-state index in [1.165, 1.54) is 12.1 Å². The Morgan fingerprint density at radius 3 is 2.66 bits per heavy atom. The first-order valence-electron chi connectivity index (χ1n) is 11.4. The van der Waals surface area contributed by atoms with E-state index in [-0.39, 0.29) is 47.9 Å². The van der Waals surface area contributed by atoms with Gasteiger partial charge in [0.15, 0.2) is 12.4 Å². The second-order valence-electron chi connectivity index (χ2n) is 8.82. The molecule has 7 nitrogen and oxygen atoms in total. The summed E-state index contributed by atoms with van der Waals surface area (Å²) < 4.78 is 24.6. The Labute approximate surface area is 212 Å². The van der Waals surface area contributed by atoms with Crippen LogP contribution in [0.3, 0.4) is 0 Å². The quantitative estimate of drug-likeness (QED) is 0.510. The van der Waals surface area contributed by atoms with Crippen molar-refractivity contribution in [1.29, 1.82) is 0 Å². The number of hydrogen-bond acceptors (Lipinski definition) is 5. The number of hydrogen-bond donors (Lipinski definition) is 2. The second-order valence-corrected chi connectivity index (χ2v) is 9.66. The summed E-state index contributed by atoms with van der Waals surface area (Å²) in [6, 6.07) is 8.85. The molecule has 35 heavy (non-hydrogen) atoms. The lowest BCUT2D eigenvalue weighted by Crippen LogP contribution is -2.50. The Morgan fingerprint density at radius 1 is 1.14 bits per heavy atom. The molecule has 2 aliphatic rings. The first kappa shape index (κ1) is 25.3. The van der Waals surface area contributed by atoms with E-state index >= 15 is 0 Å². The van der Waals surface area contributed by atoms with E-state index in [4.69, 9.17) is 32.7 Å². The molecule has 0 spiro atoms. The van der Waals surface area contributed by atoms with Crippen molar-refractivity contribution in [2.24, 2.45) is 5.41 Å². The van der Waals surface area contributed by atoms with E-state index in [9.17, 15) is 18.8 Å². The van der Waals surface area contributed by atoms with Gasteiger partial charge >= 0.3 is 0 Å². The number of carbonyl (C=O) groups excluding carboxylic acids is 3. The number of amides is 2. The van der Waals surface area contributed by atoms with E-state index in [0.29, 0.717) is 29.3 Å². The first-order chi connectivity index (χ1) is 16.8. The highest BCUT2D eigenvalue weighted by Gasteiger charge is 2.43. The molecule has 0 bridgehead atoms. The van der Waals surface area contributed by atoms with Gasteiger partial charge in [0.2, 0.25) is 5.91 Å². The average Bonchev–Trinajstić information content (AvgIpc) is 2.80. The zero-order chi connectivity index (χ0) is 25.0. The zero-order valence-electron chi connectivity index (χ0n) is 18.9. The van der Waals surface area contributed by atoms with Gasteiger partial charge in [0.05, 0.1) is 22.5 Å². The lowest BCUT2D eigenvalue weighted by molar-refractivity contribution is -0.137. The molecule has 0 radical (unpaired) electrons. The summed E-state index contributed by atoms with van der Waals surface area (Å²) in [7, 11) is 0. The first-order valence-corrected chi connectivity index (χ1v) is 12.1. The van der Waals surface area contributed by atoms with Crippen LogP contribution < -0.4 is 20.1 Å². The molecule has 2 aromatic carbocycles. The van der Waals surface area contributed by atoms with Gasteiger partial charge in [0, 0.05) is 24.1 Å². The zero-order valence-corrected chi connectivity index (χ0v) is 20.4. The highest BCUT2D eigenvalue weighted by Crippen LogP contribution is 2.44. The van der Waals surface area contributed by atoms with Crippen molar-refractivity contribution in [3.63, 3.8) is 0 Å². The van der Waals surface area contributed by atoms with Crippen LogP contribution in [0.1, 0.15) is 42.5 Å². The number of nitrogens with one attached hydrogen (secondary N) is 2. The molecule has 2 aromatic rings. The highest BCUT2D eigenvalue weighted by atomic mass is 35.5.